The third-order valence-corrected chi connectivity index (χ3v) is 4.56. The molecule has 0 bridgehead atoms. The van der Waals surface area contributed by atoms with E-state index in [4.69, 9.17) is 16.3 Å². The van der Waals surface area contributed by atoms with Crippen LogP contribution in [0.5, 0.6) is 5.75 Å². The van der Waals surface area contributed by atoms with Gasteiger partial charge in [-0.25, -0.2) is 4.98 Å². The second-order valence-corrected chi connectivity index (χ2v) is 7.66. The molecule has 1 amide bonds. The summed E-state index contributed by atoms with van der Waals surface area (Å²) in [5.41, 5.74) is 0.177. The lowest BCUT2D eigenvalue weighted by molar-refractivity contribution is -0.140. The molecule has 2 N–H and O–H groups in total. The normalized spacial score (nSPS) is 11.1. The van der Waals surface area contributed by atoms with E-state index in [9.17, 15) is 18.0 Å². The van der Waals surface area contributed by atoms with E-state index < -0.39 is 17.8 Å². The highest BCUT2D eigenvalue weighted by molar-refractivity contribution is 6.30. The predicted molar refractivity (Wildman–Crippen MR) is 120 cm³/mol. The van der Waals surface area contributed by atoms with E-state index in [1.54, 1.807) is 36.4 Å². The van der Waals surface area contributed by atoms with Gasteiger partial charge in [-0.15, -0.1) is 0 Å². The van der Waals surface area contributed by atoms with E-state index in [0.29, 0.717) is 41.2 Å². The Kier molecular flexibility index (Phi) is 7.63. The molecule has 10 heteroatoms. The first-order valence-electron chi connectivity index (χ1n) is 9.74. The van der Waals surface area contributed by atoms with Gasteiger partial charge in [0, 0.05) is 28.6 Å². The number of hydrogen-bond acceptors (Lipinski definition) is 4. The number of nitrogens with one attached hydrogen (secondary N) is 2. The van der Waals surface area contributed by atoms with Gasteiger partial charge in [-0.2, -0.15) is 13.2 Å². The number of carbonyl (C=O) groups excluding carboxylic acids is 1. The first-order chi connectivity index (χ1) is 15.6. The van der Waals surface area contributed by atoms with Gasteiger partial charge in [0.1, 0.15) is 23.9 Å². The summed E-state index contributed by atoms with van der Waals surface area (Å²) >= 11 is 5.92. The molecule has 172 valence electrons. The van der Waals surface area contributed by atoms with Crippen LogP contribution in [0.4, 0.5) is 18.9 Å². The van der Waals surface area contributed by atoms with Crippen LogP contribution in [0.15, 0.2) is 48.7 Å². The molecule has 6 nitrogen and oxygen atoms in total. The number of likely N-dealkylation sites (N-methyl/N-ethyl adjacent to an activating group) is 1. The average molecular weight is 477 g/mol. The zero-order valence-electron chi connectivity index (χ0n) is 17.8. The van der Waals surface area contributed by atoms with Crippen LogP contribution < -0.4 is 10.1 Å². The number of hydrogen-bond donors (Lipinski definition) is 2. The van der Waals surface area contributed by atoms with Gasteiger partial charge < -0.3 is 19.9 Å². The molecule has 1 heterocycles. The molecule has 0 aliphatic carbocycles. The third kappa shape index (κ3) is 7.00. The van der Waals surface area contributed by atoms with Crippen LogP contribution in [0, 0.1) is 11.8 Å². The molecule has 1 aromatic heterocycles. The van der Waals surface area contributed by atoms with Gasteiger partial charge in [-0.1, -0.05) is 23.6 Å². The quantitative estimate of drug-likeness (QED) is 0.507. The highest BCUT2D eigenvalue weighted by atomic mass is 35.5. The second-order valence-electron chi connectivity index (χ2n) is 7.22. The van der Waals surface area contributed by atoms with Gasteiger partial charge in [0.05, 0.1) is 11.9 Å². The van der Waals surface area contributed by atoms with Crippen molar-refractivity contribution in [2.24, 2.45) is 0 Å². The summed E-state index contributed by atoms with van der Waals surface area (Å²) in [5, 5.41) is 3.12. The van der Waals surface area contributed by atoms with E-state index in [1.165, 1.54) is 6.07 Å². The van der Waals surface area contributed by atoms with Crippen molar-refractivity contribution in [3.8, 4) is 29.0 Å². The monoisotopic (exact) mass is 476 g/mol. The third-order valence-electron chi connectivity index (χ3n) is 4.32. The summed E-state index contributed by atoms with van der Waals surface area (Å²) in [5.74, 6) is 4.90. The van der Waals surface area contributed by atoms with Gasteiger partial charge in [0.2, 0.25) is 0 Å². The lowest BCUT2D eigenvalue weighted by Crippen LogP contribution is -2.20. The van der Waals surface area contributed by atoms with Crippen molar-refractivity contribution in [1.82, 2.24) is 14.9 Å². The predicted octanol–water partition coefficient (Wildman–Crippen LogP) is 4.68. The zero-order chi connectivity index (χ0) is 24.0. The number of ether oxygens (including phenoxy) is 1. The maximum atomic E-state index is 12.9. The number of H-pyrrole nitrogens is 1. The van der Waals surface area contributed by atoms with Crippen LogP contribution in [0.2, 0.25) is 5.02 Å². The average Bonchev–Trinajstić information content (AvgIpc) is 3.24. The maximum Gasteiger partial charge on any atom is 0.432 e. The first-order valence-corrected chi connectivity index (χ1v) is 10.1. The molecule has 3 rings (SSSR count). The summed E-state index contributed by atoms with van der Waals surface area (Å²) in [6.07, 6.45) is -3.83. The van der Waals surface area contributed by atoms with Crippen LogP contribution in [0.25, 0.3) is 11.4 Å². The fraction of sp³-hybridized carbons (Fsp3) is 0.217. The number of aromatic amines is 1. The second kappa shape index (κ2) is 10.4. The molecular formula is C23H20ClF3N4O2. The number of aromatic nitrogens is 2. The van der Waals surface area contributed by atoms with Crippen molar-refractivity contribution >= 4 is 23.2 Å². The summed E-state index contributed by atoms with van der Waals surface area (Å²) in [6.45, 7) is 0.958. The Bertz CT molecular complexity index is 1200. The van der Waals surface area contributed by atoms with Crippen molar-refractivity contribution in [3.05, 3.63) is 64.9 Å². The molecule has 0 spiro atoms. The molecule has 0 aliphatic heterocycles. The Morgan fingerprint density at radius 3 is 2.70 bits per heavy atom. The number of nitrogens with zero attached hydrogens (tertiary/aromatic N) is 2. The molecule has 0 atom stereocenters. The number of alkyl halides is 3. The van der Waals surface area contributed by atoms with E-state index in [-0.39, 0.29) is 11.5 Å². The van der Waals surface area contributed by atoms with E-state index in [1.807, 2.05) is 19.0 Å². The van der Waals surface area contributed by atoms with Crippen molar-refractivity contribution in [3.63, 3.8) is 0 Å². The maximum absolute atomic E-state index is 12.9. The van der Waals surface area contributed by atoms with E-state index in [2.05, 4.69) is 27.1 Å². The van der Waals surface area contributed by atoms with Crippen LogP contribution in [0.1, 0.15) is 11.3 Å². The largest absolute Gasteiger partial charge is 0.490 e. The minimum Gasteiger partial charge on any atom is -0.490 e. The Morgan fingerprint density at radius 2 is 2.03 bits per heavy atom. The Labute approximate surface area is 193 Å². The van der Waals surface area contributed by atoms with Gasteiger partial charge in [-0.05, 0) is 50.5 Å². The Balaban J connectivity index is 1.86. The Hall–Kier alpha value is -3.48. The first kappa shape index (κ1) is 24.2. The van der Waals surface area contributed by atoms with Gasteiger partial charge >= 0.3 is 12.1 Å². The summed E-state index contributed by atoms with van der Waals surface area (Å²) in [7, 11) is 3.77. The summed E-state index contributed by atoms with van der Waals surface area (Å²) < 4.78 is 44.5. The van der Waals surface area contributed by atoms with Crippen LogP contribution in [-0.4, -0.2) is 48.0 Å². The fourth-order valence-electron chi connectivity index (χ4n) is 2.70. The lowest BCUT2D eigenvalue weighted by Gasteiger charge is -2.15. The SMILES string of the molecule is CN(C)CCOc1ccc(-c2ncc(C(F)(F)F)[nH]2)cc1NC(=O)C#Cc1cccc(Cl)c1. The van der Waals surface area contributed by atoms with Crippen molar-refractivity contribution in [2.75, 3.05) is 32.6 Å². The molecule has 0 saturated carbocycles. The topological polar surface area (TPSA) is 70.2 Å². The minimum atomic E-state index is -4.55. The molecule has 2 aromatic carbocycles. The van der Waals surface area contributed by atoms with Gasteiger partial charge in [-0.3, -0.25) is 4.79 Å². The standard InChI is InChI=1S/C23H20ClF3N4O2/c1-31(2)10-11-33-19-8-7-16(22-28-14-20(30-22)23(25,26)27)13-18(19)29-21(32)9-6-15-4-3-5-17(24)12-15/h3-5,7-8,12-14H,10-11H2,1-2H3,(H,28,30)(H,29,32). The summed E-state index contributed by atoms with van der Waals surface area (Å²) in [6, 6.07) is 11.3. The van der Waals surface area contributed by atoms with Crippen molar-refractivity contribution < 1.29 is 22.7 Å². The molecular weight excluding hydrogens is 457 g/mol. The number of carbonyl (C=O) groups is 1. The Morgan fingerprint density at radius 1 is 1.24 bits per heavy atom. The van der Waals surface area contributed by atoms with Crippen molar-refractivity contribution in [1.29, 1.82) is 0 Å². The van der Waals surface area contributed by atoms with Crippen molar-refractivity contribution in [2.45, 2.75) is 6.18 Å². The van der Waals surface area contributed by atoms with Crippen LogP contribution in [-0.2, 0) is 11.0 Å². The van der Waals surface area contributed by atoms with Gasteiger partial charge in [0.25, 0.3) is 0 Å². The number of benzene rings is 2. The molecule has 0 radical (unpaired) electrons. The molecule has 0 unspecified atom stereocenters. The van der Waals surface area contributed by atoms with Crippen LogP contribution >= 0.6 is 11.6 Å². The highest BCUT2D eigenvalue weighted by Gasteiger charge is 2.33. The number of halogens is 4. The molecule has 0 saturated heterocycles. The number of rotatable bonds is 6. The minimum absolute atomic E-state index is 0.00248. The summed E-state index contributed by atoms with van der Waals surface area (Å²) in [4.78, 5) is 20.4. The number of amides is 1. The molecule has 0 fully saturated rings. The number of imidazole rings is 1. The fourth-order valence-corrected chi connectivity index (χ4v) is 2.89. The number of anilines is 1. The lowest BCUT2D eigenvalue weighted by atomic mass is 10.1. The van der Waals surface area contributed by atoms with Crippen LogP contribution in [0.3, 0.4) is 0 Å². The molecule has 33 heavy (non-hydrogen) atoms. The molecule has 3 aromatic rings. The van der Waals surface area contributed by atoms with E-state index in [0.717, 1.165) is 0 Å². The molecule has 0 aliphatic rings. The van der Waals surface area contributed by atoms with Gasteiger partial charge in [0.15, 0.2) is 0 Å². The smallest absolute Gasteiger partial charge is 0.432 e. The highest BCUT2D eigenvalue weighted by Crippen LogP contribution is 2.32. The zero-order valence-corrected chi connectivity index (χ0v) is 18.5. The van der Waals surface area contributed by atoms with E-state index >= 15 is 0 Å².